The van der Waals surface area contributed by atoms with E-state index in [0.717, 1.165) is 6.54 Å². The Bertz CT molecular complexity index is 310. The van der Waals surface area contributed by atoms with Crippen LogP contribution in [0.1, 0.15) is 11.1 Å². The molecule has 1 aliphatic heterocycles. The second-order valence-electron chi connectivity index (χ2n) is 4.08. The van der Waals surface area contributed by atoms with Gasteiger partial charge in [-0.1, -0.05) is 29.8 Å². The highest BCUT2D eigenvalue weighted by Crippen LogP contribution is 2.07. The van der Waals surface area contributed by atoms with E-state index in [-0.39, 0.29) is 12.1 Å². The lowest BCUT2D eigenvalue weighted by atomic mass is 10.1. The summed E-state index contributed by atoms with van der Waals surface area (Å²) in [4.78, 5) is 0. The third kappa shape index (κ3) is 2.78. The molecule has 1 saturated heterocycles. The minimum atomic E-state index is -0.365. The molecule has 15 heavy (non-hydrogen) atoms. The average molecular weight is 207 g/mol. The number of aliphatic hydroxyl groups is 1. The molecule has 0 saturated carbocycles. The molecule has 0 spiro atoms. The van der Waals surface area contributed by atoms with Crippen molar-refractivity contribution in [3.63, 3.8) is 0 Å². The third-order valence-electron chi connectivity index (χ3n) is 2.74. The fraction of sp³-hybridized carbons (Fsp3) is 0.500. The molecule has 3 nitrogen and oxygen atoms in total. The number of ether oxygens (including phenoxy) is 1. The van der Waals surface area contributed by atoms with Crippen LogP contribution in [0.15, 0.2) is 24.3 Å². The van der Waals surface area contributed by atoms with Gasteiger partial charge < -0.3 is 15.2 Å². The molecule has 82 valence electrons. The first kappa shape index (κ1) is 10.6. The first-order chi connectivity index (χ1) is 7.25. The summed E-state index contributed by atoms with van der Waals surface area (Å²) in [5, 5.41) is 12.8. The summed E-state index contributed by atoms with van der Waals surface area (Å²) in [6, 6.07) is 8.47. The van der Waals surface area contributed by atoms with Crippen LogP contribution in [0.4, 0.5) is 0 Å². The first-order valence-electron chi connectivity index (χ1n) is 5.30. The van der Waals surface area contributed by atoms with Gasteiger partial charge in [0, 0.05) is 6.54 Å². The van der Waals surface area contributed by atoms with Gasteiger partial charge in [0.15, 0.2) is 0 Å². The summed E-state index contributed by atoms with van der Waals surface area (Å²) in [5.41, 5.74) is 2.50. The fourth-order valence-electron chi connectivity index (χ4n) is 1.69. The van der Waals surface area contributed by atoms with Gasteiger partial charge in [0.2, 0.25) is 0 Å². The van der Waals surface area contributed by atoms with Gasteiger partial charge in [-0.25, -0.2) is 0 Å². The van der Waals surface area contributed by atoms with Crippen molar-refractivity contribution in [1.29, 1.82) is 0 Å². The highest BCUT2D eigenvalue weighted by molar-refractivity contribution is 5.21. The smallest absolute Gasteiger partial charge is 0.0948 e. The SMILES string of the molecule is Cc1ccc(CNC2COCC2O)cc1. The number of nitrogens with one attached hydrogen (secondary N) is 1. The van der Waals surface area contributed by atoms with Crippen molar-refractivity contribution in [1.82, 2.24) is 5.32 Å². The van der Waals surface area contributed by atoms with Crippen molar-refractivity contribution in [2.45, 2.75) is 25.6 Å². The largest absolute Gasteiger partial charge is 0.389 e. The van der Waals surface area contributed by atoms with E-state index in [1.807, 2.05) is 0 Å². The Morgan fingerprint density at radius 2 is 2.07 bits per heavy atom. The van der Waals surface area contributed by atoms with E-state index >= 15 is 0 Å². The topological polar surface area (TPSA) is 41.5 Å². The second-order valence-corrected chi connectivity index (χ2v) is 4.08. The maximum absolute atomic E-state index is 9.52. The standard InChI is InChI=1S/C12H17NO2/c1-9-2-4-10(5-3-9)6-13-11-7-15-8-12(11)14/h2-5,11-14H,6-8H2,1H3. The zero-order valence-corrected chi connectivity index (χ0v) is 8.94. The van der Waals surface area contributed by atoms with Crippen LogP contribution in [-0.2, 0) is 11.3 Å². The van der Waals surface area contributed by atoms with Gasteiger partial charge in [-0.15, -0.1) is 0 Å². The molecular formula is C12H17NO2. The van der Waals surface area contributed by atoms with Crippen LogP contribution >= 0.6 is 0 Å². The Morgan fingerprint density at radius 1 is 1.33 bits per heavy atom. The van der Waals surface area contributed by atoms with Crippen LogP contribution in [0.3, 0.4) is 0 Å². The fourth-order valence-corrected chi connectivity index (χ4v) is 1.69. The Hall–Kier alpha value is -0.900. The van der Waals surface area contributed by atoms with Crippen LogP contribution in [0, 0.1) is 6.92 Å². The quantitative estimate of drug-likeness (QED) is 0.772. The molecule has 0 radical (unpaired) electrons. The first-order valence-corrected chi connectivity index (χ1v) is 5.30. The molecule has 0 amide bonds. The van der Waals surface area contributed by atoms with Gasteiger partial charge in [-0.2, -0.15) is 0 Å². The van der Waals surface area contributed by atoms with Crippen molar-refractivity contribution in [3.05, 3.63) is 35.4 Å². The maximum atomic E-state index is 9.52. The number of hydrogen-bond acceptors (Lipinski definition) is 3. The van der Waals surface area contributed by atoms with E-state index in [4.69, 9.17) is 4.74 Å². The zero-order valence-electron chi connectivity index (χ0n) is 8.94. The number of aryl methyl sites for hydroxylation is 1. The second kappa shape index (κ2) is 4.75. The minimum Gasteiger partial charge on any atom is -0.389 e. The Balaban J connectivity index is 1.85. The van der Waals surface area contributed by atoms with E-state index in [2.05, 4.69) is 36.5 Å². The molecular weight excluding hydrogens is 190 g/mol. The lowest BCUT2D eigenvalue weighted by molar-refractivity contribution is 0.122. The van der Waals surface area contributed by atoms with Crippen LogP contribution < -0.4 is 5.32 Å². The van der Waals surface area contributed by atoms with Crippen molar-refractivity contribution < 1.29 is 9.84 Å². The van der Waals surface area contributed by atoms with Crippen molar-refractivity contribution in [3.8, 4) is 0 Å². The maximum Gasteiger partial charge on any atom is 0.0948 e. The van der Waals surface area contributed by atoms with E-state index in [9.17, 15) is 5.11 Å². The van der Waals surface area contributed by atoms with Gasteiger partial charge in [0.25, 0.3) is 0 Å². The molecule has 3 heteroatoms. The summed E-state index contributed by atoms with van der Waals surface area (Å²) >= 11 is 0. The highest BCUT2D eigenvalue weighted by Gasteiger charge is 2.25. The molecule has 0 aliphatic carbocycles. The molecule has 0 aromatic heterocycles. The predicted octanol–water partition coefficient (Wildman–Crippen LogP) is 0.844. The summed E-state index contributed by atoms with van der Waals surface area (Å²) < 4.78 is 5.16. The van der Waals surface area contributed by atoms with Gasteiger partial charge in [-0.3, -0.25) is 0 Å². The van der Waals surface area contributed by atoms with E-state index in [1.165, 1.54) is 11.1 Å². The molecule has 1 aromatic rings. The summed E-state index contributed by atoms with van der Waals surface area (Å²) in [7, 11) is 0. The molecule has 1 aliphatic rings. The average Bonchev–Trinajstić information content (AvgIpc) is 2.63. The Morgan fingerprint density at radius 3 is 2.67 bits per heavy atom. The number of aliphatic hydroxyl groups excluding tert-OH is 1. The van der Waals surface area contributed by atoms with Crippen molar-refractivity contribution in [2.24, 2.45) is 0 Å². The van der Waals surface area contributed by atoms with Crippen LogP contribution in [0.5, 0.6) is 0 Å². The summed E-state index contributed by atoms with van der Waals surface area (Å²) in [6.45, 7) is 3.91. The third-order valence-corrected chi connectivity index (χ3v) is 2.74. The van der Waals surface area contributed by atoms with Crippen molar-refractivity contribution in [2.75, 3.05) is 13.2 Å². The van der Waals surface area contributed by atoms with Gasteiger partial charge in [-0.05, 0) is 12.5 Å². The highest BCUT2D eigenvalue weighted by atomic mass is 16.5. The Labute approximate surface area is 90.1 Å². The predicted molar refractivity (Wildman–Crippen MR) is 58.6 cm³/mol. The lowest BCUT2D eigenvalue weighted by Gasteiger charge is -2.14. The molecule has 2 unspecified atom stereocenters. The summed E-state index contributed by atoms with van der Waals surface area (Å²) in [5.74, 6) is 0. The summed E-state index contributed by atoms with van der Waals surface area (Å²) in [6.07, 6.45) is -0.365. The van der Waals surface area contributed by atoms with E-state index in [1.54, 1.807) is 0 Å². The molecule has 1 fully saturated rings. The van der Waals surface area contributed by atoms with Crippen LogP contribution in [0.2, 0.25) is 0 Å². The number of rotatable bonds is 3. The molecule has 2 rings (SSSR count). The molecule has 0 bridgehead atoms. The number of hydrogen-bond donors (Lipinski definition) is 2. The van der Waals surface area contributed by atoms with E-state index < -0.39 is 0 Å². The molecule has 2 atom stereocenters. The van der Waals surface area contributed by atoms with Crippen molar-refractivity contribution >= 4 is 0 Å². The van der Waals surface area contributed by atoms with Crippen LogP contribution in [0.25, 0.3) is 0 Å². The molecule has 1 heterocycles. The van der Waals surface area contributed by atoms with Crippen LogP contribution in [-0.4, -0.2) is 30.5 Å². The molecule has 2 N–H and O–H groups in total. The monoisotopic (exact) mass is 207 g/mol. The van der Waals surface area contributed by atoms with Gasteiger partial charge >= 0.3 is 0 Å². The lowest BCUT2D eigenvalue weighted by Crippen LogP contribution is -2.38. The molecule has 1 aromatic carbocycles. The minimum absolute atomic E-state index is 0.0753. The Kier molecular flexibility index (Phi) is 3.36. The normalized spacial score (nSPS) is 25.7. The van der Waals surface area contributed by atoms with Gasteiger partial charge in [0.05, 0.1) is 25.4 Å². The van der Waals surface area contributed by atoms with E-state index in [0.29, 0.717) is 13.2 Å². The number of benzene rings is 1. The zero-order chi connectivity index (χ0) is 10.7. The van der Waals surface area contributed by atoms with Gasteiger partial charge in [0.1, 0.15) is 0 Å².